The van der Waals surface area contributed by atoms with Crippen molar-refractivity contribution in [3.05, 3.63) is 18.5 Å². The summed E-state index contributed by atoms with van der Waals surface area (Å²) in [6.45, 7) is 4.52. The largest absolute Gasteiger partial charge is 0.352 e. The number of likely N-dealkylation sites (tertiary alicyclic amines) is 1. The number of amides is 3. The second-order valence-electron chi connectivity index (χ2n) is 6.75. The Labute approximate surface area is 148 Å². The minimum atomic E-state index is -0.0391. The van der Waals surface area contributed by atoms with Gasteiger partial charge in [0.25, 0.3) is 0 Å². The molecule has 2 fully saturated rings. The monoisotopic (exact) mass is 346 g/mol. The highest BCUT2D eigenvalue weighted by molar-refractivity contribution is 5.75. The summed E-state index contributed by atoms with van der Waals surface area (Å²) in [7, 11) is 0. The molecular formula is C17H26N6O2. The van der Waals surface area contributed by atoms with Crippen LogP contribution in [0.25, 0.3) is 0 Å². The van der Waals surface area contributed by atoms with Crippen molar-refractivity contribution in [1.82, 2.24) is 25.5 Å². The summed E-state index contributed by atoms with van der Waals surface area (Å²) in [5, 5.41) is 6.05. The van der Waals surface area contributed by atoms with E-state index in [4.69, 9.17) is 0 Å². The number of nitrogens with zero attached hydrogens (tertiary/aromatic N) is 4. The zero-order chi connectivity index (χ0) is 17.6. The van der Waals surface area contributed by atoms with Crippen molar-refractivity contribution in [3.8, 4) is 0 Å². The van der Waals surface area contributed by atoms with Crippen LogP contribution in [0.2, 0.25) is 0 Å². The van der Waals surface area contributed by atoms with E-state index >= 15 is 0 Å². The average molecular weight is 346 g/mol. The van der Waals surface area contributed by atoms with E-state index in [1.54, 1.807) is 12.4 Å². The van der Waals surface area contributed by atoms with Gasteiger partial charge >= 0.3 is 6.03 Å². The van der Waals surface area contributed by atoms with Crippen LogP contribution < -0.4 is 15.5 Å². The van der Waals surface area contributed by atoms with Crippen LogP contribution in [0.5, 0.6) is 0 Å². The van der Waals surface area contributed by atoms with Crippen molar-refractivity contribution in [2.24, 2.45) is 0 Å². The van der Waals surface area contributed by atoms with Crippen LogP contribution >= 0.6 is 0 Å². The van der Waals surface area contributed by atoms with Gasteiger partial charge in [-0.15, -0.1) is 0 Å². The lowest BCUT2D eigenvalue weighted by atomic mass is 10.0. The molecule has 0 radical (unpaired) electrons. The highest BCUT2D eigenvalue weighted by Gasteiger charge is 2.27. The van der Waals surface area contributed by atoms with Gasteiger partial charge in [0.05, 0.1) is 0 Å². The second kappa shape index (κ2) is 8.13. The van der Waals surface area contributed by atoms with Crippen LogP contribution in [-0.4, -0.2) is 65.1 Å². The second-order valence-corrected chi connectivity index (χ2v) is 6.75. The lowest BCUT2D eigenvalue weighted by Crippen LogP contribution is -2.54. The van der Waals surface area contributed by atoms with Crippen molar-refractivity contribution >= 4 is 17.9 Å². The Hall–Kier alpha value is -2.38. The number of carbonyl (C=O) groups excluding carboxylic acids is 2. The molecule has 1 unspecified atom stereocenters. The Bertz CT molecular complexity index is 588. The molecule has 0 aromatic carbocycles. The molecule has 2 aliphatic rings. The van der Waals surface area contributed by atoms with Gasteiger partial charge in [-0.2, -0.15) is 0 Å². The zero-order valence-corrected chi connectivity index (χ0v) is 14.6. The molecule has 0 bridgehead atoms. The molecule has 25 heavy (non-hydrogen) atoms. The van der Waals surface area contributed by atoms with Gasteiger partial charge in [0.15, 0.2) is 0 Å². The number of anilines is 1. The van der Waals surface area contributed by atoms with E-state index < -0.39 is 0 Å². The number of nitrogens with one attached hydrogen (secondary N) is 2. The SMILES string of the molecule is CC(=O)NC1CCCN(C(=O)NC2CCN(c3ncccn3)CC2)C1. The maximum Gasteiger partial charge on any atom is 0.317 e. The maximum absolute atomic E-state index is 12.5. The summed E-state index contributed by atoms with van der Waals surface area (Å²) in [6, 6.07) is 2.02. The van der Waals surface area contributed by atoms with Crippen molar-refractivity contribution < 1.29 is 9.59 Å². The van der Waals surface area contributed by atoms with E-state index in [2.05, 4.69) is 25.5 Å². The highest BCUT2D eigenvalue weighted by Crippen LogP contribution is 2.16. The van der Waals surface area contributed by atoms with Gasteiger partial charge in [0.2, 0.25) is 11.9 Å². The standard InChI is InChI=1S/C17H26N6O2/c1-13(24)20-15-4-2-9-23(12-15)17(25)21-14-5-10-22(11-6-14)16-18-7-3-8-19-16/h3,7-8,14-15H,2,4-6,9-12H2,1H3,(H,20,24)(H,21,25). The van der Waals surface area contributed by atoms with Crippen LogP contribution in [-0.2, 0) is 4.79 Å². The molecule has 0 aliphatic carbocycles. The van der Waals surface area contributed by atoms with Gasteiger partial charge in [-0.05, 0) is 31.7 Å². The predicted octanol–water partition coefficient (Wildman–Crippen LogP) is 0.756. The van der Waals surface area contributed by atoms with Gasteiger partial charge < -0.3 is 20.4 Å². The van der Waals surface area contributed by atoms with Crippen LogP contribution in [0.1, 0.15) is 32.6 Å². The van der Waals surface area contributed by atoms with Gasteiger partial charge in [0.1, 0.15) is 0 Å². The van der Waals surface area contributed by atoms with E-state index in [1.807, 2.05) is 11.0 Å². The molecule has 2 saturated heterocycles. The molecule has 3 amide bonds. The van der Waals surface area contributed by atoms with Crippen LogP contribution in [0.15, 0.2) is 18.5 Å². The van der Waals surface area contributed by atoms with Gasteiger partial charge in [-0.3, -0.25) is 4.79 Å². The van der Waals surface area contributed by atoms with E-state index in [0.29, 0.717) is 6.54 Å². The molecule has 8 heteroatoms. The fourth-order valence-corrected chi connectivity index (χ4v) is 3.51. The van der Waals surface area contributed by atoms with Crippen LogP contribution in [0.4, 0.5) is 10.7 Å². The molecule has 0 spiro atoms. The molecule has 1 aromatic rings. The first-order valence-corrected chi connectivity index (χ1v) is 8.96. The smallest absolute Gasteiger partial charge is 0.317 e. The molecule has 3 heterocycles. The molecule has 0 saturated carbocycles. The summed E-state index contributed by atoms with van der Waals surface area (Å²) in [5.41, 5.74) is 0. The van der Waals surface area contributed by atoms with E-state index in [9.17, 15) is 9.59 Å². The molecular weight excluding hydrogens is 320 g/mol. The van der Waals surface area contributed by atoms with Crippen molar-refractivity contribution in [3.63, 3.8) is 0 Å². The first kappa shape index (κ1) is 17.4. The molecule has 3 rings (SSSR count). The van der Waals surface area contributed by atoms with E-state index in [0.717, 1.165) is 51.3 Å². The third-order valence-corrected chi connectivity index (χ3v) is 4.77. The van der Waals surface area contributed by atoms with E-state index in [1.165, 1.54) is 6.92 Å². The number of piperidine rings is 2. The molecule has 2 N–H and O–H groups in total. The van der Waals surface area contributed by atoms with Crippen LogP contribution in [0.3, 0.4) is 0 Å². The highest BCUT2D eigenvalue weighted by atomic mass is 16.2. The molecule has 8 nitrogen and oxygen atoms in total. The zero-order valence-electron chi connectivity index (χ0n) is 14.6. The summed E-state index contributed by atoms with van der Waals surface area (Å²) < 4.78 is 0. The van der Waals surface area contributed by atoms with Crippen LogP contribution in [0, 0.1) is 0 Å². The Balaban J connectivity index is 1.45. The maximum atomic E-state index is 12.5. The summed E-state index contributed by atoms with van der Waals surface area (Å²) in [5.74, 6) is 0.712. The Morgan fingerprint density at radius 2 is 1.76 bits per heavy atom. The number of hydrogen-bond donors (Lipinski definition) is 2. The Kier molecular flexibility index (Phi) is 5.67. The average Bonchev–Trinajstić information content (AvgIpc) is 2.63. The summed E-state index contributed by atoms with van der Waals surface area (Å²) >= 11 is 0. The molecule has 136 valence electrons. The van der Waals surface area contributed by atoms with Crippen molar-refractivity contribution in [2.45, 2.75) is 44.7 Å². The lowest BCUT2D eigenvalue weighted by molar-refractivity contribution is -0.119. The summed E-state index contributed by atoms with van der Waals surface area (Å²) in [6.07, 6.45) is 7.11. The summed E-state index contributed by atoms with van der Waals surface area (Å²) in [4.78, 5) is 36.2. The predicted molar refractivity (Wildman–Crippen MR) is 94.2 cm³/mol. The first-order valence-electron chi connectivity index (χ1n) is 8.96. The minimum Gasteiger partial charge on any atom is -0.352 e. The normalized spacial score (nSPS) is 21.7. The molecule has 1 atom stereocenters. The third-order valence-electron chi connectivity index (χ3n) is 4.77. The Morgan fingerprint density at radius 1 is 1.04 bits per heavy atom. The number of carbonyl (C=O) groups is 2. The lowest BCUT2D eigenvalue weighted by Gasteiger charge is -2.36. The fourth-order valence-electron chi connectivity index (χ4n) is 3.51. The van der Waals surface area contributed by atoms with Crippen molar-refractivity contribution in [2.75, 3.05) is 31.1 Å². The number of aromatic nitrogens is 2. The molecule has 1 aromatic heterocycles. The molecule has 2 aliphatic heterocycles. The quantitative estimate of drug-likeness (QED) is 0.843. The number of rotatable bonds is 3. The fraction of sp³-hybridized carbons (Fsp3) is 0.647. The van der Waals surface area contributed by atoms with Gasteiger partial charge in [-0.25, -0.2) is 14.8 Å². The number of urea groups is 1. The van der Waals surface area contributed by atoms with Gasteiger partial charge in [-0.1, -0.05) is 0 Å². The Morgan fingerprint density at radius 3 is 2.44 bits per heavy atom. The third kappa shape index (κ3) is 4.80. The van der Waals surface area contributed by atoms with Crippen molar-refractivity contribution in [1.29, 1.82) is 0 Å². The first-order chi connectivity index (χ1) is 12.1. The number of hydrogen-bond acceptors (Lipinski definition) is 5. The minimum absolute atomic E-state index is 0.0236. The van der Waals surface area contributed by atoms with E-state index in [-0.39, 0.29) is 24.0 Å². The van der Waals surface area contributed by atoms with Gasteiger partial charge in [0, 0.05) is 57.6 Å². The topological polar surface area (TPSA) is 90.5 Å².